The van der Waals surface area contributed by atoms with Crippen LogP contribution >= 0.6 is 0 Å². The second-order valence-electron chi connectivity index (χ2n) is 4.28. The van der Waals surface area contributed by atoms with Crippen LogP contribution in [0.4, 0.5) is 5.82 Å². The van der Waals surface area contributed by atoms with E-state index in [2.05, 4.69) is 10.4 Å². The van der Waals surface area contributed by atoms with Gasteiger partial charge in [0.25, 0.3) is 5.91 Å². The maximum Gasteiger partial charge on any atom is 0.251 e. The molecule has 0 bridgehead atoms. The number of ether oxygens (including phenoxy) is 1. The molecule has 0 aromatic carbocycles. The maximum atomic E-state index is 11.6. The first-order chi connectivity index (χ1) is 8.31. The molecular formula is C12H19N3O2. The van der Waals surface area contributed by atoms with Crippen molar-refractivity contribution in [2.24, 2.45) is 0 Å². The lowest BCUT2D eigenvalue weighted by molar-refractivity contribution is -0.120. The smallest absolute Gasteiger partial charge is 0.251 e. The van der Waals surface area contributed by atoms with Crippen molar-refractivity contribution in [2.45, 2.75) is 38.6 Å². The number of anilines is 1. The van der Waals surface area contributed by atoms with Crippen molar-refractivity contribution >= 4 is 11.7 Å². The molecular weight excluding hydrogens is 218 g/mol. The molecule has 0 spiro atoms. The highest BCUT2D eigenvalue weighted by Crippen LogP contribution is 2.31. The Morgan fingerprint density at radius 2 is 2.35 bits per heavy atom. The van der Waals surface area contributed by atoms with Gasteiger partial charge >= 0.3 is 0 Å². The zero-order chi connectivity index (χ0) is 12.1. The highest BCUT2D eigenvalue weighted by molar-refractivity contribution is 5.90. The Kier molecular flexibility index (Phi) is 4.14. The van der Waals surface area contributed by atoms with Gasteiger partial charge in [-0.1, -0.05) is 12.8 Å². The largest absolute Gasteiger partial charge is 0.372 e. The second kappa shape index (κ2) is 5.82. The van der Waals surface area contributed by atoms with Gasteiger partial charge in [0.1, 0.15) is 12.4 Å². The summed E-state index contributed by atoms with van der Waals surface area (Å²) in [4.78, 5) is 11.6. The summed E-state index contributed by atoms with van der Waals surface area (Å²) in [6.07, 6.45) is 6.52. The standard InChI is InChI=1S/C12H19N3O2/c1-2-17-9-12(16)14-11-7-8-13-15(11)10-5-3-4-6-10/h7-8,10H,2-6,9H2,1H3,(H,14,16). The van der Waals surface area contributed by atoms with Crippen LogP contribution in [-0.2, 0) is 9.53 Å². The predicted octanol–water partition coefficient (Wildman–Crippen LogP) is 1.97. The molecule has 0 atom stereocenters. The van der Waals surface area contributed by atoms with Crippen molar-refractivity contribution in [3.8, 4) is 0 Å². The fourth-order valence-corrected chi connectivity index (χ4v) is 2.23. The Balaban J connectivity index is 1.96. The van der Waals surface area contributed by atoms with Crippen molar-refractivity contribution in [3.63, 3.8) is 0 Å². The Bertz CT molecular complexity index is 370. The highest BCUT2D eigenvalue weighted by Gasteiger charge is 2.20. The van der Waals surface area contributed by atoms with Crippen LogP contribution < -0.4 is 5.32 Å². The van der Waals surface area contributed by atoms with Gasteiger partial charge in [-0.15, -0.1) is 0 Å². The van der Waals surface area contributed by atoms with Gasteiger partial charge < -0.3 is 10.1 Å². The van der Waals surface area contributed by atoms with E-state index >= 15 is 0 Å². The van der Waals surface area contributed by atoms with Crippen LogP contribution in [0.3, 0.4) is 0 Å². The molecule has 1 amide bonds. The zero-order valence-electron chi connectivity index (χ0n) is 10.2. The monoisotopic (exact) mass is 237 g/mol. The number of carbonyl (C=O) groups excluding carboxylic acids is 1. The SMILES string of the molecule is CCOCC(=O)Nc1ccnn1C1CCCC1. The molecule has 1 heterocycles. The number of rotatable bonds is 5. The molecule has 0 saturated heterocycles. The molecule has 1 fully saturated rings. The van der Waals surface area contributed by atoms with Crippen LogP contribution in [0.5, 0.6) is 0 Å². The lowest BCUT2D eigenvalue weighted by Crippen LogP contribution is -2.21. The fraction of sp³-hybridized carbons (Fsp3) is 0.667. The first-order valence-corrected chi connectivity index (χ1v) is 6.22. The van der Waals surface area contributed by atoms with E-state index in [9.17, 15) is 4.79 Å². The number of nitrogens with zero attached hydrogens (tertiary/aromatic N) is 2. The molecule has 17 heavy (non-hydrogen) atoms. The molecule has 1 aliphatic rings. The normalized spacial score (nSPS) is 16.3. The summed E-state index contributed by atoms with van der Waals surface area (Å²) < 4.78 is 7.00. The number of aromatic nitrogens is 2. The highest BCUT2D eigenvalue weighted by atomic mass is 16.5. The summed E-state index contributed by atoms with van der Waals surface area (Å²) in [6, 6.07) is 2.27. The Labute approximate surface area is 101 Å². The average molecular weight is 237 g/mol. The average Bonchev–Trinajstić information content (AvgIpc) is 2.95. The molecule has 5 heteroatoms. The van der Waals surface area contributed by atoms with Crippen LogP contribution in [0.25, 0.3) is 0 Å². The molecule has 0 radical (unpaired) electrons. The van der Waals surface area contributed by atoms with Crippen molar-refractivity contribution in [1.29, 1.82) is 0 Å². The van der Waals surface area contributed by atoms with Gasteiger partial charge in [-0.25, -0.2) is 4.68 Å². The van der Waals surface area contributed by atoms with Gasteiger partial charge in [-0.05, 0) is 19.8 Å². The van der Waals surface area contributed by atoms with Crippen LogP contribution in [0, 0.1) is 0 Å². The van der Waals surface area contributed by atoms with E-state index in [-0.39, 0.29) is 12.5 Å². The Hall–Kier alpha value is -1.36. The van der Waals surface area contributed by atoms with Crippen LogP contribution in [-0.4, -0.2) is 28.9 Å². The van der Waals surface area contributed by atoms with Crippen molar-refractivity contribution in [1.82, 2.24) is 9.78 Å². The van der Waals surface area contributed by atoms with Gasteiger partial charge in [-0.3, -0.25) is 4.79 Å². The lowest BCUT2D eigenvalue weighted by atomic mass is 10.2. The van der Waals surface area contributed by atoms with E-state index in [1.807, 2.05) is 17.7 Å². The van der Waals surface area contributed by atoms with Crippen LogP contribution in [0.15, 0.2) is 12.3 Å². The van der Waals surface area contributed by atoms with E-state index in [4.69, 9.17) is 4.74 Å². The first-order valence-electron chi connectivity index (χ1n) is 6.22. The number of amides is 1. The van der Waals surface area contributed by atoms with Crippen LogP contribution in [0.1, 0.15) is 38.6 Å². The number of nitrogens with one attached hydrogen (secondary N) is 1. The second-order valence-corrected chi connectivity index (χ2v) is 4.28. The van der Waals surface area contributed by atoms with Gasteiger partial charge in [0.05, 0.1) is 12.2 Å². The summed E-state index contributed by atoms with van der Waals surface area (Å²) in [7, 11) is 0. The molecule has 94 valence electrons. The molecule has 1 saturated carbocycles. The molecule has 5 nitrogen and oxygen atoms in total. The third-order valence-corrected chi connectivity index (χ3v) is 3.05. The number of carbonyl (C=O) groups is 1. The Morgan fingerprint density at radius 1 is 1.59 bits per heavy atom. The summed E-state index contributed by atoms with van der Waals surface area (Å²) in [5.74, 6) is 0.660. The zero-order valence-corrected chi connectivity index (χ0v) is 10.2. The fourth-order valence-electron chi connectivity index (χ4n) is 2.23. The molecule has 0 unspecified atom stereocenters. The van der Waals surface area contributed by atoms with Gasteiger partial charge in [-0.2, -0.15) is 5.10 Å². The van der Waals surface area contributed by atoms with Crippen LogP contribution in [0.2, 0.25) is 0 Å². The molecule has 1 aromatic rings. The van der Waals surface area contributed by atoms with E-state index in [1.54, 1.807) is 6.20 Å². The topological polar surface area (TPSA) is 56.1 Å². The minimum atomic E-state index is -0.119. The maximum absolute atomic E-state index is 11.6. The predicted molar refractivity (Wildman–Crippen MR) is 64.9 cm³/mol. The van der Waals surface area contributed by atoms with E-state index in [1.165, 1.54) is 12.8 Å². The minimum absolute atomic E-state index is 0.104. The van der Waals surface area contributed by atoms with Gasteiger partial charge in [0.2, 0.25) is 0 Å². The third kappa shape index (κ3) is 3.06. The number of hydrogen-bond acceptors (Lipinski definition) is 3. The molecule has 1 aromatic heterocycles. The summed E-state index contributed by atoms with van der Waals surface area (Å²) in [5, 5.41) is 7.13. The van der Waals surface area contributed by atoms with Gasteiger partial charge in [0, 0.05) is 12.7 Å². The summed E-state index contributed by atoms with van der Waals surface area (Å²) >= 11 is 0. The van der Waals surface area contributed by atoms with Crippen molar-refractivity contribution in [3.05, 3.63) is 12.3 Å². The van der Waals surface area contributed by atoms with Crippen molar-refractivity contribution in [2.75, 3.05) is 18.5 Å². The lowest BCUT2D eigenvalue weighted by Gasteiger charge is -2.14. The van der Waals surface area contributed by atoms with E-state index in [0.717, 1.165) is 18.7 Å². The number of hydrogen-bond donors (Lipinski definition) is 1. The summed E-state index contributed by atoms with van der Waals surface area (Å²) in [5.41, 5.74) is 0. The van der Waals surface area contributed by atoms with Crippen molar-refractivity contribution < 1.29 is 9.53 Å². The van der Waals surface area contributed by atoms with Gasteiger partial charge in [0.15, 0.2) is 0 Å². The molecule has 0 aliphatic heterocycles. The third-order valence-electron chi connectivity index (χ3n) is 3.05. The molecule has 2 rings (SSSR count). The Morgan fingerprint density at radius 3 is 3.06 bits per heavy atom. The first kappa shape index (κ1) is 12.1. The summed E-state index contributed by atoms with van der Waals surface area (Å²) in [6.45, 7) is 2.53. The quantitative estimate of drug-likeness (QED) is 0.851. The minimum Gasteiger partial charge on any atom is -0.372 e. The van der Waals surface area contributed by atoms with E-state index in [0.29, 0.717) is 12.6 Å². The van der Waals surface area contributed by atoms with E-state index < -0.39 is 0 Å². The molecule has 1 aliphatic carbocycles. The molecule has 1 N–H and O–H groups in total.